The Labute approximate surface area is 67.1 Å². The first-order valence-corrected chi connectivity index (χ1v) is 4.34. The molecule has 2 aliphatic heterocycles. The zero-order chi connectivity index (χ0) is 7.52. The van der Waals surface area contributed by atoms with Gasteiger partial charge in [0.1, 0.15) is 0 Å². The van der Waals surface area contributed by atoms with Crippen LogP contribution in [-0.4, -0.2) is 39.0 Å². The van der Waals surface area contributed by atoms with Crippen LogP contribution in [0.25, 0.3) is 0 Å². The van der Waals surface area contributed by atoms with Gasteiger partial charge in [-0.3, -0.25) is 0 Å². The van der Waals surface area contributed by atoms with Crippen LogP contribution in [0, 0.1) is 5.92 Å². The number of rotatable bonds is 3. The van der Waals surface area contributed by atoms with Crippen LogP contribution in [0.15, 0.2) is 0 Å². The van der Waals surface area contributed by atoms with Crippen LogP contribution >= 0.6 is 0 Å². The summed E-state index contributed by atoms with van der Waals surface area (Å²) in [5.74, 6) is 0.746. The first-order chi connectivity index (χ1) is 5.45. The molecule has 0 saturated carbocycles. The molecule has 0 aromatic heterocycles. The smallest absolute Gasteiger partial charge is 0.0643 e. The van der Waals surface area contributed by atoms with E-state index in [1.807, 2.05) is 0 Å². The fourth-order valence-electron chi connectivity index (χ4n) is 1.43. The van der Waals surface area contributed by atoms with Gasteiger partial charge >= 0.3 is 0 Å². The molecule has 1 atom stereocenters. The molecule has 11 heavy (non-hydrogen) atoms. The summed E-state index contributed by atoms with van der Waals surface area (Å²) >= 11 is 0. The SMILES string of the molecule is C1CC(CNC2COC2)CO1. The van der Waals surface area contributed by atoms with E-state index in [9.17, 15) is 0 Å². The van der Waals surface area contributed by atoms with Gasteiger partial charge in [0.15, 0.2) is 0 Å². The number of nitrogens with one attached hydrogen (secondary N) is 1. The zero-order valence-corrected chi connectivity index (χ0v) is 6.71. The molecule has 0 aromatic rings. The fourth-order valence-corrected chi connectivity index (χ4v) is 1.43. The van der Waals surface area contributed by atoms with Crippen molar-refractivity contribution in [1.29, 1.82) is 0 Å². The number of hydrogen-bond donors (Lipinski definition) is 1. The molecule has 3 heteroatoms. The van der Waals surface area contributed by atoms with Crippen molar-refractivity contribution >= 4 is 0 Å². The minimum absolute atomic E-state index is 0.621. The molecule has 2 rings (SSSR count). The normalized spacial score (nSPS) is 32.2. The summed E-state index contributed by atoms with van der Waals surface area (Å²) in [6.45, 7) is 4.79. The molecule has 0 aliphatic carbocycles. The lowest BCUT2D eigenvalue weighted by Crippen LogP contribution is -2.47. The molecule has 3 nitrogen and oxygen atoms in total. The predicted molar refractivity (Wildman–Crippen MR) is 41.5 cm³/mol. The van der Waals surface area contributed by atoms with Gasteiger partial charge in [0, 0.05) is 13.2 Å². The third-order valence-electron chi connectivity index (χ3n) is 2.36. The van der Waals surface area contributed by atoms with Crippen molar-refractivity contribution in [3.8, 4) is 0 Å². The number of ether oxygens (including phenoxy) is 2. The minimum atomic E-state index is 0.621. The topological polar surface area (TPSA) is 30.5 Å². The highest BCUT2D eigenvalue weighted by atomic mass is 16.5. The third-order valence-corrected chi connectivity index (χ3v) is 2.36. The molecule has 2 saturated heterocycles. The van der Waals surface area contributed by atoms with Crippen LogP contribution < -0.4 is 5.32 Å². The standard InChI is InChI=1S/C8H15NO2/c1-2-10-4-7(1)3-9-8-5-11-6-8/h7-9H,1-6H2. The van der Waals surface area contributed by atoms with Crippen LogP contribution in [0.5, 0.6) is 0 Å². The molecule has 0 amide bonds. The van der Waals surface area contributed by atoms with Gasteiger partial charge in [-0.05, 0) is 12.3 Å². The minimum Gasteiger partial charge on any atom is -0.381 e. The van der Waals surface area contributed by atoms with Gasteiger partial charge in [0.05, 0.1) is 25.9 Å². The average Bonchev–Trinajstić information content (AvgIpc) is 2.36. The van der Waals surface area contributed by atoms with Gasteiger partial charge in [-0.15, -0.1) is 0 Å². The van der Waals surface area contributed by atoms with E-state index < -0.39 is 0 Å². The van der Waals surface area contributed by atoms with Gasteiger partial charge in [-0.25, -0.2) is 0 Å². The summed E-state index contributed by atoms with van der Waals surface area (Å²) in [7, 11) is 0. The van der Waals surface area contributed by atoms with Crippen molar-refractivity contribution in [1.82, 2.24) is 5.32 Å². The Morgan fingerprint density at radius 3 is 2.64 bits per heavy atom. The van der Waals surface area contributed by atoms with Gasteiger partial charge in [-0.1, -0.05) is 0 Å². The Bertz CT molecular complexity index is 119. The van der Waals surface area contributed by atoms with Gasteiger partial charge < -0.3 is 14.8 Å². The van der Waals surface area contributed by atoms with E-state index >= 15 is 0 Å². The highest BCUT2D eigenvalue weighted by molar-refractivity contribution is 4.76. The Kier molecular flexibility index (Phi) is 2.41. The van der Waals surface area contributed by atoms with Crippen molar-refractivity contribution in [2.75, 3.05) is 33.0 Å². The van der Waals surface area contributed by atoms with Crippen LogP contribution in [0.3, 0.4) is 0 Å². The van der Waals surface area contributed by atoms with Crippen molar-refractivity contribution < 1.29 is 9.47 Å². The molecule has 0 spiro atoms. The highest BCUT2D eigenvalue weighted by Crippen LogP contribution is 2.11. The second-order valence-corrected chi connectivity index (χ2v) is 3.37. The van der Waals surface area contributed by atoms with Crippen LogP contribution in [0.1, 0.15) is 6.42 Å². The molecule has 2 heterocycles. The van der Waals surface area contributed by atoms with Crippen LogP contribution in [0.2, 0.25) is 0 Å². The number of hydrogen-bond acceptors (Lipinski definition) is 3. The zero-order valence-electron chi connectivity index (χ0n) is 6.71. The second kappa shape index (κ2) is 3.52. The van der Waals surface area contributed by atoms with Crippen molar-refractivity contribution in [2.24, 2.45) is 5.92 Å². The maximum atomic E-state index is 5.27. The molecule has 2 aliphatic rings. The maximum Gasteiger partial charge on any atom is 0.0643 e. The first-order valence-electron chi connectivity index (χ1n) is 4.34. The monoisotopic (exact) mass is 157 g/mol. The largest absolute Gasteiger partial charge is 0.381 e. The summed E-state index contributed by atoms with van der Waals surface area (Å²) in [5.41, 5.74) is 0. The van der Waals surface area contributed by atoms with E-state index in [-0.39, 0.29) is 0 Å². The van der Waals surface area contributed by atoms with Gasteiger partial charge in [0.25, 0.3) is 0 Å². The highest BCUT2D eigenvalue weighted by Gasteiger charge is 2.21. The quantitative estimate of drug-likeness (QED) is 0.626. The molecule has 1 N–H and O–H groups in total. The van der Waals surface area contributed by atoms with E-state index in [0.717, 1.165) is 38.9 Å². The molecule has 2 fully saturated rings. The van der Waals surface area contributed by atoms with E-state index in [4.69, 9.17) is 9.47 Å². The van der Waals surface area contributed by atoms with Crippen LogP contribution in [0.4, 0.5) is 0 Å². The Balaban J connectivity index is 1.57. The summed E-state index contributed by atoms with van der Waals surface area (Å²) in [6, 6.07) is 0.621. The predicted octanol–water partition coefficient (Wildman–Crippen LogP) is 0.0113. The Hall–Kier alpha value is -0.120. The lowest BCUT2D eigenvalue weighted by atomic mass is 10.1. The molecule has 1 unspecified atom stereocenters. The molecule has 64 valence electrons. The lowest BCUT2D eigenvalue weighted by molar-refractivity contribution is -0.00659. The van der Waals surface area contributed by atoms with E-state index in [1.165, 1.54) is 6.42 Å². The maximum absolute atomic E-state index is 5.27. The summed E-state index contributed by atoms with van der Waals surface area (Å²) in [6.07, 6.45) is 1.22. The second-order valence-electron chi connectivity index (χ2n) is 3.37. The van der Waals surface area contributed by atoms with Crippen molar-refractivity contribution in [3.63, 3.8) is 0 Å². The first kappa shape index (κ1) is 7.53. The Morgan fingerprint density at radius 1 is 1.18 bits per heavy atom. The van der Waals surface area contributed by atoms with E-state index in [0.29, 0.717) is 6.04 Å². The molecule has 0 aromatic carbocycles. The lowest BCUT2D eigenvalue weighted by Gasteiger charge is -2.27. The van der Waals surface area contributed by atoms with Crippen LogP contribution in [-0.2, 0) is 9.47 Å². The molecule has 0 bridgehead atoms. The van der Waals surface area contributed by atoms with Gasteiger partial charge in [-0.2, -0.15) is 0 Å². The molecular formula is C8H15NO2. The average molecular weight is 157 g/mol. The molecular weight excluding hydrogens is 142 g/mol. The van der Waals surface area contributed by atoms with E-state index in [2.05, 4.69) is 5.32 Å². The fraction of sp³-hybridized carbons (Fsp3) is 1.00. The third kappa shape index (κ3) is 1.92. The summed E-state index contributed by atoms with van der Waals surface area (Å²) < 4.78 is 10.3. The Morgan fingerprint density at radius 2 is 2.09 bits per heavy atom. The van der Waals surface area contributed by atoms with Gasteiger partial charge in [0.2, 0.25) is 0 Å². The summed E-state index contributed by atoms with van der Waals surface area (Å²) in [4.78, 5) is 0. The van der Waals surface area contributed by atoms with E-state index in [1.54, 1.807) is 0 Å². The molecule has 0 radical (unpaired) electrons. The summed E-state index contributed by atoms with van der Waals surface area (Å²) in [5, 5.41) is 3.46. The van der Waals surface area contributed by atoms with Crippen molar-refractivity contribution in [2.45, 2.75) is 12.5 Å². The van der Waals surface area contributed by atoms with Crippen molar-refractivity contribution in [3.05, 3.63) is 0 Å².